The molecule has 0 fully saturated rings. The molecule has 2 aromatic heterocycles. The maximum absolute atomic E-state index is 12.0. The van der Waals surface area contributed by atoms with E-state index in [9.17, 15) is 14.8 Å². The fourth-order valence-electron chi connectivity index (χ4n) is 2.17. The summed E-state index contributed by atoms with van der Waals surface area (Å²) >= 11 is 0. The van der Waals surface area contributed by atoms with E-state index in [1.54, 1.807) is 24.4 Å². The Balaban J connectivity index is 2.50. The summed E-state index contributed by atoms with van der Waals surface area (Å²) in [7, 11) is 0. The number of nitrogens with zero attached hydrogens (tertiary/aromatic N) is 2. The molecule has 90 valence electrons. The van der Waals surface area contributed by atoms with Crippen LogP contribution in [0.2, 0.25) is 0 Å². The number of phenols is 1. The van der Waals surface area contributed by atoms with E-state index >= 15 is 0 Å². The molecule has 3 aromatic rings. The van der Waals surface area contributed by atoms with Gasteiger partial charge < -0.3 is 14.7 Å². The van der Waals surface area contributed by atoms with Gasteiger partial charge in [0.05, 0.1) is 0 Å². The number of nitrogens with one attached hydrogen (secondary N) is 1. The van der Waals surface area contributed by atoms with E-state index in [1.165, 1.54) is 10.6 Å². The van der Waals surface area contributed by atoms with E-state index in [4.69, 9.17) is 0 Å². The Bertz CT molecular complexity index is 816. The van der Waals surface area contributed by atoms with E-state index in [2.05, 4.69) is 10.2 Å². The van der Waals surface area contributed by atoms with Crippen LogP contribution in [0.15, 0.2) is 40.4 Å². The minimum Gasteiger partial charge on any atom is -0.508 e. The molecule has 0 aliphatic heterocycles. The number of fused-ring (bicyclic) bond motifs is 3. The van der Waals surface area contributed by atoms with Crippen LogP contribution in [0.4, 0.5) is 0 Å². The molecule has 1 aromatic carbocycles. The highest BCUT2D eigenvalue weighted by Crippen LogP contribution is 2.25. The monoisotopic (exact) mass is 243 g/mol. The van der Waals surface area contributed by atoms with Gasteiger partial charge in [-0.05, 0) is 29.4 Å². The highest BCUT2D eigenvalue weighted by molar-refractivity contribution is 6.04. The van der Waals surface area contributed by atoms with Crippen molar-refractivity contribution in [1.29, 1.82) is 0 Å². The molecule has 2 N–H and O–H groups in total. The second kappa shape index (κ2) is 3.69. The van der Waals surface area contributed by atoms with Crippen LogP contribution in [-0.2, 0) is 6.67 Å². The summed E-state index contributed by atoms with van der Waals surface area (Å²) in [5.74, 6) is 0.122. The summed E-state index contributed by atoms with van der Waals surface area (Å²) in [6, 6.07) is 6.46. The Morgan fingerprint density at radius 1 is 1.28 bits per heavy atom. The van der Waals surface area contributed by atoms with E-state index in [0.29, 0.717) is 16.4 Å². The molecule has 0 atom stereocenters. The zero-order chi connectivity index (χ0) is 12.7. The normalized spacial score (nSPS) is 11.1. The smallest absolute Gasteiger partial charge is 0.273 e. The Morgan fingerprint density at radius 2 is 2.11 bits per heavy atom. The van der Waals surface area contributed by atoms with E-state index in [1.807, 2.05) is 0 Å². The van der Waals surface area contributed by atoms with Crippen molar-refractivity contribution in [3.63, 3.8) is 0 Å². The molecule has 18 heavy (non-hydrogen) atoms. The van der Waals surface area contributed by atoms with Crippen molar-refractivity contribution < 1.29 is 5.11 Å². The first-order valence-corrected chi connectivity index (χ1v) is 5.33. The van der Waals surface area contributed by atoms with Gasteiger partial charge in [-0.15, -0.1) is 4.91 Å². The van der Waals surface area contributed by atoms with E-state index < -0.39 is 0 Å². The first-order valence-electron chi connectivity index (χ1n) is 5.33. The Hall–Kier alpha value is -2.63. The maximum Gasteiger partial charge on any atom is 0.273 e. The van der Waals surface area contributed by atoms with Crippen molar-refractivity contribution in [1.82, 2.24) is 9.55 Å². The summed E-state index contributed by atoms with van der Waals surface area (Å²) < 4.78 is 1.48. The van der Waals surface area contributed by atoms with Crippen LogP contribution in [0.1, 0.15) is 0 Å². The second-order valence-corrected chi connectivity index (χ2v) is 4.00. The molecule has 3 rings (SSSR count). The summed E-state index contributed by atoms with van der Waals surface area (Å²) in [6.45, 7) is -0.114. The first kappa shape index (κ1) is 10.5. The van der Waals surface area contributed by atoms with Crippen LogP contribution in [0, 0.1) is 4.91 Å². The number of phenolic OH excluding ortho intramolecular Hbond substituents is 1. The molecular formula is C12H9N3O3. The average molecular weight is 243 g/mol. The summed E-state index contributed by atoms with van der Waals surface area (Å²) in [5, 5.41) is 13.7. The molecule has 0 amide bonds. The third-order valence-corrected chi connectivity index (χ3v) is 2.93. The Morgan fingerprint density at radius 3 is 2.89 bits per heavy atom. The number of H-pyrrole nitrogens is 1. The topological polar surface area (TPSA) is 87.4 Å². The van der Waals surface area contributed by atoms with Crippen molar-refractivity contribution in [2.75, 3.05) is 0 Å². The van der Waals surface area contributed by atoms with Gasteiger partial charge in [0.25, 0.3) is 5.56 Å². The van der Waals surface area contributed by atoms with Crippen molar-refractivity contribution in [3.8, 4) is 5.75 Å². The standard InChI is InChI=1S/C12H9N3O3/c16-7-1-2-10-9(5-7)8-3-4-15(6-13-18)11(8)12(17)14-10/h1-5,16H,6H2,(H,14,17). The third-order valence-electron chi connectivity index (χ3n) is 2.93. The Labute approximate surface area is 100 Å². The molecule has 0 bridgehead atoms. The lowest BCUT2D eigenvalue weighted by Crippen LogP contribution is -2.10. The van der Waals surface area contributed by atoms with Crippen molar-refractivity contribution >= 4 is 21.8 Å². The van der Waals surface area contributed by atoms with Crippen LogP contribution in [0.5, 0.6) is 5.75 Å². The van der Waals surface area contributed by atoms with Gasteiger partial charge in [-0.3, -0.25) is 4.79 Å². The highest BCUT2D eigenvalue weighted by Gasteiger charge is 2.10. The van der Waals surface area contributed by atoms with Gasteiger partial charge in [0, 0.05) is 22.5 Å². The molecule has 2 heterocycles. The zero-order valence-electron chi connectivity index (χ0n) is 9.25. The quantitative estimate of drug-likeness (QED) is 0.674. The van der Waals surface area contributed by atoms with Crippen LogP contribution >= 0.6 is 0 Å². The maximum atomic E-state index is 12.0. The van der Waals surface area contributed by atoms with Crippen LogP contribution in [0.25, 0.3) is 21.8 Å². The lowest BCUT2D eigenvalue weighted by molar-refractivity contribution is 0.476. The Kier molecular flexibility index (Phi) is 2.16. The second-order valence-electron chi connectivity index (χ2n) is 4.00. The number of aromatic amines is 1. The van der Waals surface area contributed by atoms with E-state index in [-0.39, 0.29) is 18.0 Å². The van der Waals surface area contributed by atoms with Gasteiger partial charge in [-0.25, -0.2) is 0 Å². The van der Waals surface area contributed by atoms with Crippen LogP contribution in [-0.4, -0.2) is 14.7 Å². The number of benzene rings is 1. The first-order chi connectivity index (χ1) is 8.70. The molecule has 6 nitrogen and oxygen atoms in total. The largest absolute Gasteiger partial charge is 0.508 e. The van der Waals surface area contributed by atoms with Gasteiger partial charge >= 0.3 is 0 Å². The predicted octanol–water partition coefficient (Wildman–Crippen LogP) is 1.91. The molecule has 0 spiro atoms. The fraction of sp³-hybridized carbons (Fsp3) is 0.0833. The zero-order valence-corrected chi connectivity index (χ0v) is 9.25. The fourth-order valence-corrected chi connectivity index (χ4v) is 2.17. The lowest BCUT2D eigenvalue weighted by atomic mass is 10.1. The van der Waals surface area contributed by atoms with Crippen LogP contribution < -0.4 is 5.56 Å². The van der Waals surface area contributed by atoms with Crippen molar-refractivity contribution in [2.24, 2.45) is 5.18 Å². The number of rotatable bonds is 2. The number of pyridine rings is 1. The predicted molar refractivity (Wildman–Crippen MR) is 67.5 cm³/mol. The van der Waals surface area contributed by atoms with Crippen molar-refractivity contribution in [3.05, 3.63) is 45.7 Å². The molecule has 0 aliphatic rings. The van der Waals surface area contributed by atoms with E-state index in [0.717, 1.165) is 5.39 Å². The molecule has 0 radical (unpaired) electrons. The number of hydrogen-bond donors (Lipinski definition) is 2. The summed E-state index contributed by atoms with van der Waals surface area (Å²) in [4.78, 5) is 25.0. The van der Waals surface area contributed by atoms with Gasteiger partial charge in [0.15, 0.2) is 6.67 Å². The SMILES string of the molecule is O=NCn1ccc2c3cc(O)ccc3[nH]c(=O)c21. The molecule has 0 unspecified atom stereocenters. The summed E-state index contributed by atoms with van der Waals surface area (Å²) in [6.07, 6.45) is 1.63. The van der Waals surface area contributed by atoms with Gasteiger partial charge in [0.2, 0.25) is 0 Å². The number of aromatic hydroxyl groups is 1. The molecular weight excluding hydrogens is 234 g/mol. The number of nitroso groups, excluding NO2 is 1. The van der Waals surface area contributed by atoms with Gasteiger partial charge in [-0.1, -0.05) is 0 Å². The molecule has 0 saturated heterocycles. The molecule has 0 aliphatic carbocycles. The molecule has 0 saturated carbocycles. The minimum absolute atomic E-state index is 0.114. The number of hydrogen-bond acceptors (Lipinski definition) is 4. The minimum atomic E-state index is -0.281. The average Bonchev–Trinajstić information content (AvgIpc) is 2.76. The molecule has 6 heteroatoms. The highest BCUT2D eigenvalue weighted by atomic mass is 16.3. The third kappa shape index (κ3) is 1.39. The number of aromatic nitrogens is 2. The van der Waals surface area contributed by atoms with Crippen LogP contribution in [0.3, 0.4) is 0 Å². The van der Waals surface area contributed by atoms with Gasteiger partial charge in [-0.2, -0.15) is 0 Å². The van der Waals surface area contributed by atoms with Crippen molar-refractivity contribution in [2.45, 2.75) is 6.67 Å². The van der Waals surface area contributed by atoms with Gasteiger partial charge in [0.1, 0.15) is 11.3 Å². The lowest BCUT2D eigenvalue weighted by Gasteiger charge is -2.02. The summed E-state index contributed by atoms with van der Waals surface area (Å²) in [5.41, 5.74) is 0.742.